The highest BCUT2D eigenvalue weighted by atomic mass is 35.5. The van der Waals surface area contributed by atoms with E-state index < -0.39 is 0 Å². The van der Waals surface area contributed by atoms with Crippen molar-refractivity contribution in [2.45, 2.75) is 32.2 Å². The number of ether oxygens (including phenoxy) is 1. The Morgan fingerprint density at radius 2 is 2.27 bits per heavy atom. The van der Waals surface area contributed by atoms with Gasteiger partial charge in [-0.3, -0.25) is 9.59 Å². The predicted molar refractivity (Wildman–Crippen MR) is 87.6 cm³/mol. The average Bonchev–Trinajstić information content (AvgIpc) is 2.50. The molecule has 0 saturated carbocycles. The van der Waals surface area contributed by atoms with Gasteiger partial charge in [-0.15, -0.1) is 12.4 Å². The van der Waals surface area contributed by atoms with Crippen molar-refractivity contribution in [3.8, 4) is 5.75 Å². The largest absolute Gasteiger partial charge is 0.482 e. The molecule has 1 unspecified atom stereocenters. The Morgan fingerprint density at radius 1 is 1.50 bits per heavy atom. The average molecular weight is 328 g/mol. The van der Waals surface area contributed by atoms with Crippen molar-refractivity contribution < 1.29 is 14.3 Å². The first-order chi connectivity index (χ1) is 10.1. The number of carbonyl (C=O) groups excluding carboxylic acids is 2. The first-order valence-corrected chi connectivity index (χ1v) is 7.21. The standard InChI is InChI=1S/C15H21N3O3.ClH/c1-2-3-4-11(8-16)17-15(20)10-5-6-13-12(7-10)18-14(19)9-21-13;/h5-7,11H,2-4,8-9,16H2,1H3,(H,17,20)(H,18,19);1H. The van der Waals surface area contributed by atoms with Crippen LogP contribution >= 0.6 is 12.4 Å². The lowest BCUT2D eigenvalue weighted by atomic mass is 10.1. The third-order valence-corrected chi connectivity index (χ3v) is 3.40. The number of fused-ring (bicyclic) bond motifs is 1. The highest BCUT2D eigenvalue weighted by Crippen LogP contribution is 2.28. The van der Waals surface area contributed by atoms with E-state index in [2.05, 4.69) is 17.6 Å². The third-order valence-electron chi connectivity index (χ3n) is 3.40. The minimum Gasteiger partial charge on any atom is -0.482 e. The van der Waals surface area contributed by atoms with Crippen LogP contribution in [-0.2, 0) is 4.79 Å². The molecule has 1 aromatic carbocycles. The van der Waals surface area contributed by atoms with Crippen molar-refractivity contribution in [1.82, 2.24) is 5.32 Å². The molecular weight excluding hydrogens is 306 g/mol. The van der Waals surface area contributed by atoms with Crippen molar-refractivity contribution in [2.24, 2.45) is 5.73 Å². The molecule has 0 spiro atoms. The normalized spacial score (nSPS) is 14.0. The van der Waals surface area contributed by atoms with Crippen LogP contribution in [0.1, 0.15) is 36.5 Å². The first-order valence-electron chi connectivity index (χ1n) is 7.21. The lowest BCUT2D eigenvalue weighted by molar-refractivity contribution is -0.118. The van der Waals surface area contributed by atoms with Crippen LogP contribution in [0.3, 0.4) is 0 Å². The zero-order valence-corrected chi connectivity index (χ0v) is 13.4. The lowest BCUT2D eigenvalue weighted by Gasteiger charge is -2.20. The monoisotopic (exact) mass is 327 g/mol. The van der Waals surface area contributed by atoms with Crippen LogP contribution in [0.15, 0.2) is 18.2 Å². The van der Waals surface area contributed by atoms with Gasteiger partial charge in [0.2, 0.25) is 0 Å². The van der Waals surface area contributed by atoms with Gasteiger partial charge in [0.15, 0.2) is 6.61 Å². The smallest absolute Gasteiger partial charge is 0.262 e. The maximum absolute atomic E-state index is 12.2. The molecule has 0 aromatic heterocycles. The van der Waals surface area contributed by atoms with Crippen molar-refractivity contribution >= 4 is 29.9 Å². The molecule has 7 heteroatoms. The number of hydrogen-bond acceptors (Lipinski definition) is 4. The van der Waals surface area contributed by atoms with E-state index in [1.165, 1.54) is 0 Å². The van der Waals surface area contributed by atoms with E-state index in [1.54, 1.807) is 18.2 Å². The van der Waals surface area contributed by atoms with E-state index in [-0.39, 0.29) is 36.9 Å². The molecule has 0 saturated heterocycles. The summed E-state index contributed by atoms with van der Waals surface area (Å²) in [4.78, 5) is 23.5. The number of rotatable bonds is 6. The van der Waals surface area contributed by atoms with Crippen molar-refractivity contribution in [3.63, 3.8) is 0 Å². The molecule has 1 atom stereocenters. The molecule has 1 aliphatic heterocycles. The number of benzene rings is 1. The maximum Gasteiger partial charge on any atom is 0.262 e. The molecule has 1 aromatic rings. The minimum absolute atomic E-state index is 0. The van der Waals surface area contributed by atoms with Gasteiger partial charge in [0.05, 0.1) is 5.69 Å². The van der Waals surface area contributed by atoms with Crippen molar-refractivity contribution in [3.05, 3.63) is 23.8 Å². The summed E-state index contributed by atoms with van der Waals surface area (Å²) in [6, 6.07) is 4.96. The Bertz CT molecular complexity index is 537. The fourth-order valence-electron chi connectivity index (χ4n) is 2.19. The molecule has 4 N–H and O–H groups in total. The van der Waals surface area contributed by atoms with Crippen molar-refractivity contribution in [1.29, 1.82) is 0 Å². The summed E-state index contributed by atoms with van der Waals surface area (Å²) in [5.74, 6) is 0.166. The van der Waals surface area contributed by atoms with E-state index in [4.69, 9.17) is 10.5 Å². The van der Waals surface area contributed by atoms with Gasteiger partial charge in [0.25, 0.3) is 11.8 Å². The van der Waals surface area contributed by atoms with Crippen LogP contribution in [0.2, 0.25) is 0 Å². The maximum atomic E-state index is 12.2. The zero-order chi connectivity index (χ0) is 15.2. The minimum atomic E-state index is -0.220. The van der Waals surface area contributed by atoms with Crippen LogP contribution in [0, 0.1) is 0 Å². The molecule has 122 valence electrons. The van der Waals surface area contributed by atoms with Gasteiger partial charge in [-0.2, -0.15) is 0 Å². The quantitative estimate of drug-likeness (QED) is 0.741. The van der Waals surface area contributed by atoms with Crippen LogP contribution in [-0.4, -0.2) is 31.0 Å². The fraction of sp³-hybridized carbons (Fsp3) is 0.467. The summed E-state index contributed by atoms with van der Waals surface area (Å²) in [6.45, 7) is 2.52. The molecule has 2 amide bonds. The molecular formula is C15H22ClN3O3. The zero-order valence-electron chi connectivity index (χ0n) is 12.6. The molecule has 0 radical (unpaired) electrons. The molecule has 0 aliphatic carbocycles. The summed E-state index contributed by atoms with van der Waals surface area (Å²) < 4.78 is 5.26. The van der Waals surface area contributed by atoms with E-state index in [0.29, 0.717) is 23.5 Å². The van der Waals surface area contributed by atoms with Gasteiger partial charge in [0.1, 0.15) is 5.75 Å². The van der Waals surface area contributed by atoms with Gasteiger partial charge < -0.3 is 21.1 Å². The number of halogens is 1. The highest BCUT2D eigenvalue weighted by molar-refractivity contribution is 5.99. The van der Waals surface area contributed by atoms with Gasteiger partial charge >= 0.3 is 0 Å². The van der Waals surface area contributed by atoms with Crippen LogP contribution in [0.25, 0.3) is 0 Å². The second kappa shape index (κ2) is 8.60. The van der Waals surface area contributed by atoms with Gasteiger partial charge in [0, 0.05) is 18.2 Å². The van der Waals surface area contributed by atoms with E-state index >= 15 is 0 Å². The Labute approximate surface area is 136 Å². The summed E-state index contributed by atoms with van der Waals surface area (Å²) in [6.07, 6.45) is 2.95. The number of anilines is 1. The number of unbranched alkanes of at least 4 members (excludes halogenated alkanes) is 1. The lowest BCUT2D eigenvalue weighted by Crippen LogP contribution is -2.40. The topological polar surface area (TPSA) is 93.5 Å². The van der Waals surface area contributed by atoms with Crippen LogP contribution in [0.5, 0.6) is 5.75 Å². The Balaban J connectivity index is 0.00000242. The summed E-state index contributed by atoms with van der Waals surface area (Å²) >= 11 is 0. The Kier molecular flexibility index (Phi) is 7.14. The van der Waals surface area contributed by atoms with Gasteiger partial charge in [-0.25, -0.2) is 0 Å². The van der Waals surface area contributed by atoms with E-state index in [1.807, 2.05) is 0 Å². The fourth-order valence-corrected chi connectivity index (χ4v) is 2.19. The molecule has 1 heterocycles. The molecule has 22 heavy (non-hydrogen) atoms. The van der Waals surface area contributed by atoms with Crippen LogP contribution < -0.4 is 21.1 Å². The number of amides is 2. The summed E-state index contributed by atoms with van der Waals surface area (Å²) in [5, 5.41) is 5.61. The van der Waals surface area contributed by atoms with Crippen molar-refractivity contribution in [2.75, 3.05) is 18.5 Å². The number of carbonyl (C=O) groups is 2. The molecule has 1 aliphatic rings. The summed E-state index contributed by atoms with van der Waals surface area (Å²) in [7, 11) is 0. The molecule has 6 nitrogen and oxygen atoms in total. The number of nitrogens with two attached hydrogens (primary N) is 1. The predicted octanol–water partition coefficient (Wildman–Crippen LogP) is 1.69. The number of hydrogen-bond donors (Lipinski definition) is 3. The van der Waals surface area contributed by atoms with Gasteiger partial charge in [-0.05, 0) is 24.6 Å². The van der Waals surface area contributed by atoms with E-state index in [0.717, 1.165) is 19.3 Å². The van der Waals surface area contributed by atoms with Crippen LogP contribution in [0.4, 0.5) is 5.69 Å². The highest BCUT2D eigenvalue weighted by Gasteiger charge is 2.18. The number of nitrogens with one attached hydrogen (secondary N) is 2. The van der Waals surface area contributed by atoms with Gasteiger partial charge in [-0.1, -0.05) is 19.8 Å². The van der Waals surface area contributed by atoms with E-state index in [9.17, 15) is 9.59 Å². The molecule has 0 fully saturated rings. The second-order valence-corrected chi connectivity index (χ2v) is 5.10. The molecule has 0 bridgehead atoms. The third kappa shape index (κ3) is 4.61. The Morgan fingerprint density at radius 3 is 2.95 bits per heavy atom. The second-order valence-electron chi connectivity index (χ2n) is 5.10. The summed E-state index contributed by atoms with van der Waals surface area (Å²) in [5.41, 5.74) is 6.68. The molecule has 2 rings (SSSR count). The Hall–Kier alpha value is -1.79. The first kappa shape index (κ1) is 18.3. The SMILES string of the molecule is CCCCC(CN)NC(=O)c1ccc2c(c1)NC(=O)CO2.Cl.